The normalized spacial score (nSPS) is 23.4. The molecule has 0 atom stereocenters. The van der Waals surface area contributed by atoms with E-state index in [1.807, 2.05) is 0 Å². The van der Waals surface area contributed by atoms with E-state index in [-0.39, 0.29) is 0 Å². The SMILES string of the molecule is [CH2]CC1CCN(CC)CC1. The van der Waals surface area contributed by atoms with Gasteiger partial charge in [-0.1, -0.05) is 20.3 Å². The molecule has 1 radical (unpaired) electrons. The van der Waals surface area contributed by atoms with Gasteiger partial charge in [0, 0.05) is 0 Å². The highest BCUT2D eigenvalue weighted by Gasteiger charge is 2.15. The Kier molecular flexibility index (Phi) is 3.20. The van der Waals surface area contributed by atoms with Gasteiger partial charge in [-0.15, -0.1) is 0 Å². The molecule has 0 saturated carbocycles. The summed E-state index contributed by atoms with van der Waals surface area (Å²) < 4.78 is 0. The molecule has 0 bridgehead atoms. The van der Waals surface area contributed by atoms with Gasteiger partial charge in [-0.2, -0.15) is 0 Å². The first-order chi connectivity index (χ1) is 4.86. The summed E-state index contributed by atoms with van der Waals surface area (Å²) in [5, 5.41) is 0. The Labute approximate surface area is 64.4 Å². The highest BCUT2D eigenvalue weighted by Crippen LogP contribution is 2.18. The monoisotopic (exact) mass is 140 g/mol. The molecule has 0 N–H and O–H groups in total. The van der Waals surface area contributed by atoms with Gasteiger partial charge in [0.25, 0.3) is 0 Å². The van der Waals surface area contributed by atoms with Gasteiger partial charge in [0.2, 0.25) is 0 Å². The predicted octanol–water partition coefficient (Wildman–Crippen LogP) is 1.94. The van der Waals surface area contributed by atoms with E-state index < -0.39 is 0 Å². The maximum absolute atomic E-state index is 3.94. The first-order valence-electron chi connectivity index (χ1n) is 4.38. The molecule has 1 heterocycles. The number of rotatable bonds is 2. The van der Waals surface area contributed by atoms with Crippen LogP contribution >= 0.6 is 0 Å². The fourth-order valence-corrected chi connectivity index (χ4v) is 1.59. The summed E-state index contributed by atoms with van der Waals surface area (Å²) in [6.07, 6.45) is 3.88. The van der Waals surface area contributed by atoms with Crippen LogP contribution in [0.3, 0.4) is 0 Å². The van der Waals surface area contributed by atoms with E-state index in [2.05, 4.69) is 18.7 Å². The molecule has 0 aliphatic carbocycles. The van der Waals surface area contributed by atoms with E-state index in [4.69, 9.17) is 0 Å². The Hall–Kier alpha value is -0.0400. The number of nitrogens with zero attached hydrogens (tertiary/aromatic N) is 1. The standard InChI is InChI=1S/C9H18N/c1-3-9-5-7-10(4-2)8-6-9/h9H,1,3-8H2,2H3. The third kappa shape index (κ3) is 1.98. The predicted molar refractivity (Wildman–Crippen MR) is 44.8 cm³/mol. The molecule has 0 aromatic heterocycles. The van der Waals surface area contributed by atoms with Gasteiger partial charge >= 0.3 is 0 Å². The van der Waals surface area contributed by atoms with Crippen LogP contribution in [0.25, 0.3) is 0 Å². The van der Waals surface area contributed by atoms with Gasteiger partial charge in [0.15, 0.2) is 0 Å². The van der Waals surface area contributed by atoms with Crippen LogP contribution in [0.5, 0.6) is 0 Å². The number of hydrogen-bond donors (Lipinski definition) is 0. The van der Waals surface area contributed by atoms with Crippen LogP contribution in [0.1, 0.15) is 26.2 Å². The Morgan fingerprint density at radius 1 is 1.40 bits per heavy atom. The minimum atomic E-state index is 0.919. The van der Waals surface area contributed by atoms with Crippen molar-refractivity contribution >= 4 is 0 Å². The molecule has 0 aromatic rings. The Balaban J connectivity index is 2.17. The van der Waals surface area contributed by atoms with Crippen LogP contribution in [0, 0.1) is 12.8 Å². The lowest BCUT2D eigenvalue weighted by atomic mass is 9.95. The van der Waals surface area contributed by atoms with Crippen molar-refractivity contribution in [3.8, 4) is 0 Å². The molecule has 1 rings (SSSR count). The quantitative estimate of drug-likeness (QED) is 0.566. The summed E-state index contributed by atoms with van der Waals surface area (Å²) in [5.74, 6) is 0.919. The number of hydrogen-bond acceptors (Lipinski definition) is 1. The minimum absolute atomic E-state index is 0.919. The van der Waals surface area contributed by atoms with Gasteiger partial charge in [-0.3, -0.25) is 0 Å². The molecule has 0 spiro atoms. The summed E-state index contributed by atoms with van der Waals surface area (Å²) in [7, 11) is 0. The van der Waals surface area contributed by atoms with Crippen LogP contribution in [0.2, 0.25) is 0 Å². The van der Waals surface area contributed by atoms with Gasteiger partial charge < -0.3 is 4.90 Å². The molecule has 1 fully saturated rings. The van der Waals surface area contributed by atoms with Crippen molar-refractivity contribution in [3.05, 3.63) is 6.92 Å². The fourth-order valence-electron chi connectivity index (χ4n) is 1.59. The van der Waals surface area contributed by atoms with E-state index >= 15 is 0 Å². The molecule has 59 valence electrons. The largest absolute Gasteiger partial charge is 0.304 e. The third-order valence-electron chi connectivity index (χ3n) is 2.56. The zero-order valence-electron chi connectivity index (χ0n) is 6.97. The van der Waals surface area contributed by atoms with Crippen LogP contribution in [-0.2, 0) is 0 Å². The summed E-state index contributed by atoms with van der Waals surface area (Å²) in [6.45, 7) is 10.0. The second kappa shape index (κ2) is 3.97. The van der Waals surface area contributed by atoms with Gasteiger partial charge in [-0.25, -0.2) is 0 Å². The molecular formula is C9H18N. The maximum Gasteiger partial charge on any atom is -0.00162 e. The molecule has 1 nitrogen and oxygen atoms in total. The number of piperidine rings is 1. The van der Waals surface area contributed by atoms with Gasteiger partial charge in [0.05, 0.1) is 0 Å². The van der Waals surface area contributed by atoms with Crippen molar-refractivity contribution < 1.29 is 0 Å². The van der Waals surface area contributed by atoms with E-state index in [1.165, 1.54) is 32.5 Å². The van der Waals surface area contributed by atoms with Crippen LogP contribution in [0.4, 0.5) is 0 Å². The lowest BCUT2D eigenvalue weighted by molar-refractivity contribution is 0.193. The lowest BCUT2D eigenvalue weighted by Gasteiger charge is -2.30. The highest BCUT2D eigenvalue weighted by atomic mass is 15.1. The molecule has 1 aliphatic rings. The van der Waals surface area contributed by atoms with Crippen molar-refractivity contribution in [2.75, 3.05) is 19.6 Å². The molecule has 1 aliphatic heterocycles. The van der Waals surface area contributed by atoms with Gasteiger partial charge in [-0.05, 0) is 38.4 Å². The molecule has 0 aromatic carbocycles. The third-order valence-corrected chi connectivity index (χ3v) is 2.56. The number of likely N-dealkylation sites (tertiary alicyclic amines) is 1. The molecule has 0 amide bonds. The van der Waals surface area contributed by atoms with E-state index in [0.29, 0.717) is 0 Å². The van der Waals surface area contributed by atoms with Crippen LogP contribution < -0.4 is 0 Å². The summed E-state index contributed by atoms with van der Waals surface area (Å²) >= 11 is 0. The zero-order chi connectivity index (χ0) is 7.40. The van der Waals surface area contributed by atoms with Gasteiger partial charge in [0.1, 0.15) is 0 Å². The van der Waals surface area contributed by atoms with E-state index in [9.17, 15) is 0 Å². The Morgan fingerprint density at radius 3 is 2.40 bits per heavy atom. The zero-order valence-corrected chi connectivity index (χ0v) is 6.97. The first-order valence-corrected chi connectivity index (χ1v) is 4.38. The second-order valence-electron chi connectivity index (χ2n) is 3.17. The molecule has 1 heteroatoms. The average Bonchev–Trinajstić information content (AvgIpc) is 2.05. The van der Waals surface area contributed by atoms with Crippen molar-refractivity contribution in [1.29, 1.82) is 0 Å². The smallest absolute Gasteiger partial charge is 0.00162 e. The van der Waals surface area contributed by atoms with Crippen LogP contribution in [-0.4, -0.2) is 24.5 Å². The minimum Gasteiger partial charge on any atom is -0.304 e. The Morgan fingerprint density at radius 2 is 2.00 bits per heavy atom. The second-order valence-corrected chi connectivity index (χ2v) is 3.17. The highest BCUT2D eigenvalue weighted by molar-refractivity contribution is 4.71. The van der Waals surface area contributed by atoms with Crippen molar-refractivity contribution in [2.45, 2.75) is 26.2 Å². The van der Waals surface area contributed by atoms with E-state index in [1.54, 1.807) is 0 Å². The summed E-state index contributed by atoms with van der Waals surface area (Å²) in [5.41, 5.74) is 0. The molecule has 1 saturated heterocycles. The average molecular weight is 140 g/mol. The molecular weight excluding hydrogens is 122 g/mol. The van der Waals surface area contributed by atoms with Crippen molar-refractivity contribution in [3.63, 3.8) is 0 Å². The maximum atomic E-state index is 3.94. The summed E-state index contributed by atoms with van der Waals surface area (Å²) in [6, 6.07) is 0. The molecule has 10 heavy (non-hydrogen) atoms. The first kappa shape index (κ1) is 8.06. The topological polar surface area (TPSA) is 3.24 Å². The Bertz CT molecular complexity index is 70.7. The summed E-state index contributed by atoms with van der Waals surface area (Å²) in [4.78, 5) is 2.52. The van der Waals surface area contributed by atoms with Crippen LogP contribution in [0.15, 0.2) is 0 Å². The van der Waals surface area contributed by atoms with Crippen molar-refractivity contribution in [2.24, 2.45) is 5.92 Å². The fraction of sp³-hybridized carbons (Fsp3) is 0.889. The molecule has 0 unspecified atom stereocenters. The van der Waals surface area contributed by atoms with E-state index in [0.717, 1.165) is 12.3 Å². The lowest BCUT2D eigenvalue weighted by Crippen LogP contribution is -2.33. The van der Waals surface area contributed by atoms with Crippen molar-refractivity contribution in [1.82, 2.24) is 4.90 Å².